The molecule has 0 aliphatic carbocycles. The maximum absolute atomic E-state index is 9.69. The summed E-state index contributed by atoms with van der Waals surface area (Å²) in [5.41, 5.74) is 0. The lowest BCUT2D eigenvalue weighted by Crippen LogP contribution is -1.94. The highest BCUT2D eigenvalue weighted by atomic mass is 35.7. The van der Waals surface area contributed by atoms with Crippen LogP contribution in [0.15, 0.2) is 23.1 Å². The Labute approximate surface area is 89.3 Å². The lowest BCUT2D eigenvalue weighted by molar-refractivity contribution is 0.448. The van der Waals surface area contributed by atoms with E-state index in [4.69, 9.17) is 10.7 Å². The van der Waals surface area contributed by atoms with Gasteiger partial charge in [0, 0.05) is 4.90 Å². The minimum atomic E-state index is -1.37. The Morgan fingerprint density at radius 3 is 2.43 bits per heavy atom. The third kappa shape index (κ3) is 1.66. The Bertz CT molecular complexity index is 348. The molecule has 1 aliphatic rings. The van der Waals surface area contributed by atoms with Crippen LogP contribution in [0.5, 0.6) is 11.5 Å². The van der Waals surface area contributed by atoms with Crippen LogP contribution in [0.1, 0.15) is 12.8 Å². The summed E-state index contributed by atoms with van der Waals surface area (Å²) < 4.78 is 0. The Kier molecular flexibility index (Phi) is 2.54. The van der Waals surface area contributed by atoms with Gasteiger partial charge in [-0.2, -0.15) is 0 Å². The molecular weight excluding hydrogens is 220 g/mol. The average Bonchev–Trinajstić information content (AvgIpc) is 2.58. The van der Waals surface area contributed by atoms with Gasteiger partial charge in [0.05, 0.1) is 0 Å². The van der Waals surface area contributed by atoms with Gasteiger partial charge in [0.15, 0.2) is 0 Å². The fourth-order valence-corrected chi connectivity index (χ4v) is 5.55. The van der Waals surface area contributed by atoms with Gasteiger partial charge in [0.1, 0.15) is 11.5 Å². The molecule has 2 rings (SSSR count). The fourth-order valence-electron chi connectivity index (χ4n) is 1.78. The van der Waals surface area contributed by atoms with E-state index in [-0.39, 0.29) is 11.5 Å². The highest BCUT2D eigenvalue weighted by Crippen LogP contribution is 2.67. The molecule has 0 aromatic heterocycles. The van der Waals surface area contributed by atoms with Crippen molar-refractivity contribution < 1.29 is 10.2 Å². The van der Waals surface area contributed by atoms with Crippen molar-refractivity contribution in [3.63, 3.8) is 0 Å². The van der Waals surface area contributed by atoms with E-state index in [2.05, 4.69) is 0 Å². The zero-order chi connectivity index (χ0) is 10.2. The van der Waals surface area contributed by atoms with Crippen molar-refractivity contribution in [3.05, 3.63) is 18.2 Å². The molecule has 0 atom stereocenters. The lowest BCUT2D eigenvalue weighted by atomic mass is 10.3. The van der Waals surface area contributed by atoms with E-state index < -0.39 is 9.24 Å². The number of aromatic hydroxyl groups is 2. The maximum Gasteiger partial charge on any atom is 0.128 e. The van der Waals surface area contributed by atoms with Crippen molar-refractivity contribution in [3.8, 4) is 11.5 Å². The molecule has 78 valence electrons. The smallest absolute Gasteiger partial charge is 0.128 e. The predicted molar refractivity (Wildman–Crippen MR) is 60.4 cm³/mol. The van der Waals surface area contributed by atoms with Crippen LogP contribution in [-0.4, -0.2) is 21.7 Å². The summed E-state index contributed by atoms with van der Waals surface area (Å²) in [6.45, 7) is 0. The van der Waals surface area contributed by atoms with Crippen LogP contribution in [0.25, 0.3) is 0 Å². The Hall–Kier alpha value is -0.540. The number of rotatable bonds is 1. The van der Waals surface area contributed by atoms with Gasteiger partial charge in [0.25, 0.3) is 0 Å². The van der Waals surface area contributed by atoms with E-state index in [1.807, 2.05) is 0 Å². The number of halogens is 1. The van der Waals surface area contributed by atoms with Crippen molar-refractivity contribution in [2.24, 2.45) is 0 Å². The molecule has 0 bridgehead atoms. The van der Waals surface area contributed by atoms with Gasteiger partial charge in [-0.25, -0.2) is 0 Å². The second-order valence-corrected chi connectivity index (χ2v) is 8.16. The van der Waals surface area contributed by atoms with E-state index in [1.54, 1.807) is 6.07 Å². The normalized spacial score (nSPS) is 22.1. The minimum Gasteiger partial charge on any atom is -0.508 e. The highest BCUT2D eigenvalue weighted by Gasteiger charge is 2.30. The molecule has 1 saturated heterocycles. The molecule has 2 nitrogen and oxygen atoms in total. The van der Waals surface area contributed by atoms with Gasteiger partial charge < -0.3 is 10.2 Å². The summed E-state index contributed by atoms with van der Waals surface area (Å²) in [6.07, 6.45) is 2.24. The van der Waals surface area contributed by atoms with Crippen molar-refractivity contribution in [1.29, 1.82) is 0 Å². The third-order valence-electron chi connectivity index (χ3n) is 2.52. The molecule has 0 saturated carbocycles. The second kappa shape index (κ2) is 3.55. The highest BCUT2D eigenvalue weighted by molar-refractivity contribution is 8.51. The predicted octanol–water partition coefficient (Wildman–Crippen LogP) is 3.21. The first kappa shape index (κ1) is 9.99. The van der Waals surface area contributed by atoms with Crippen molar-refractivity contribution >= 4 is 19.9 Å². The SMILES string of the molecule is Oc1ccc(O)c(S2(Cl)CCCC2)c1. The summed E-state index contributed by atoms with van der Waals surface area (Å²) in [5.74, 6) is 2.30. The lowest BCUT2D eigenvalue weighted by Gasteiger charge is -2.28. The second-order valence-electron chi connectivity index (χ2n) is 3.56. The average molecular weight is 233 g/mol. The zero-order valence-corrected chi connectivity index (χ0v) is 9.31. The number of benzene rings is 1. The Morgan fingerprint density at radius 2 is 1.79 bits per heavy atom. The molecule has 1 aliphatic heterocycles. The van der Waals surface area contributed by atoms with E-state index in [0.29, 0.717) is 0 Å². The Morgan fingerprint density at radius 1 is 1.14 bits per heavy atom. The summed E-state index contributed by atoms with van der Waals surface area (Å²) >= 11 is 0. The molecule has 4 heteroatoms. The quantitative estimate of drug-likeness (QED) is 0.730. The van der Waals surface area contributed by atoms with Gasteiger partial charge in [-0.3, -0.25) is 0 Å². The van der Waals surface area contributed by atoms with Crippen LogP contribution in [0.2, 0.25) is 0 Å². The van der Waals surface area contributed by atoms with Crippen molar-refractivity contribution in [1.82, 2.24) is 0 Å². The van der Waals surface area contributed by atoms with Crippen LogP contribution >= 0.6 is 19.9 Å². The van der Waals surface area contributed by atoms with Crippen LogP contribution in [0.3, 0.4) is 0 Å². The van der Waals surface area contributed by atoms with E-state index in [0.717, 1.165) is 29.2 Å². The summed E-state index contributed by atoms with van der Waals surface area (Å²) in [7, 11) is 5.11. The molecule has 0 spiro atoms. The van der Waals surface area contributed by atoms with Crippen molar-refractivity contribution in [2.45, 2.75) is 17.7 Å². The van der Waals surface area contributed by atoms with E-state index >= 15 is 0 Å². The first-order valence-corrected chi connectivity index (χ1v) is 7.42. The molecule has 0 unspecified atom stereocenters. The number of hydrogen-bond acceptors (Lipinski definition) is 2. The van der Waals surface area contributed by atoms with Crippen LogP contribution in [-0.2, 0) is 0 Å². The molecule has 1 aromatic carbocycles. The minimum absolute atomic E-state index is 0.178. The van der Waals surface area contributed by atoms with Gasteiger partial charge in [-0.05, 0) is 42.5 Å². The van der Waals surface area contributed by atoms with Gasteiger partial charge in [0.2, 0.25) is 0 Å². The number of phenolic OH excluding ortho intramolecular Hbond substituents is 2. The van der Waals surface area contributed by atoms with Crippen molar-refractivity contribution in [2.75, 3.05) is 11.5 Å². The van der Waals surface area contributed by atoms with Crippen LogP contribution < -0.4 is 0 Å². The van der Waals surface area contributed by atoms with Crippen LogP contribution in [0, 0.1) is 0 Å². The molecule has 2 N–H and O–H groups in total. The molecule has 14 heavy (non-hydrogen) atoms. The molecule has 0 radical (unpaired) electrons. The fraction of sp³-hybridized carbons (Fsp3) is 0.400. The standard InChI is InChI=1S/C10H13ClO2S/c11-14(5-1-2-6-14)10-7-8(12)3-4-9(10)13/h3-4,7,12-13H,1-2,5-6H2. The zero-order valence-electron chi connectivity index (χ0n) is 7.74. The topological polar surface area (TPSA) is 40.5 Å². The molecule has 0 amide bonds. The summed E-state index contributed by atoms with van der Waals surface area (Å²) in [5, 5.41) is 19.0. The third-order valence-corrected chi connectivity index (χ3v) is 6.93. The molecule has 1 fully saturated rings. The van der Waals surface area contributed by atoms with Gasteiger partial charge >= 0.3 is 0 Å². The summed E-state index contributed by atoms with van der Waals surface area (Å²) in [4.78, 5) is 0.747. The van der Waals surface area contributed by atoms with Crippen LogP contribution in [0.4, 0.5) is 0 Å². The van der Waals surface area contributed by atoms with Gasteiger partial charge in [-0.15, -0.1) is 9.24 Å². The first-order valence-electron chi connectivity index (χ1n) is 4.62. The molecular formula is C10H13ClO2S. The largest absolute Gasteiger partial charge is 0.508 e. The number of hydrogen-bond donors (Lipinski definition) is 2. The number of phenols is 2. The van der Waals surface area contributed by atoms with E-state index in [1.165, 1.54) is 12.1 Å². The summed E-state index contributed by atoms with van der Waals surface area (Å²) in [6, 6.07) is 4.59. The molecule has 1 heterocycles. The molecule has 1 aromatic rings. The Balaban J connectivity index is 2.44. The monoisotopic (exact) mass is 232 g/mol. The maximum atomic E-state index is 9.69. The van der Waals surface area contributed by atoms with Gasteiger partial charge in [-0.1, -0.05) is 10.7 Å². The van der Waals surface area contributed by atoms with E-state index in [9.17, 15) is 10.2 Å². The first-order chi connectivity index (χ1) is 6.62.